The van der Waals surface area contributed by atoms with Crippen LogP contribution in [0.25, 0.3) is 0 Å². The molecule has 0 aliphatic carbocycles. The Morgan fingerprint density at radius 2 is 2.07 bits per heavy atom. The number of halogens is 1. The van der Waals surface area contributed by atoms with E-state index in [1.807, 2.05) is 0 Å². The zero-order valence-corrected chi connectivity index (χ0v) is 21.0. The highest BCUT2D eigenvalue weighted by Gasteiger charge is 2.24. The number of hydrogen-bond acceptors (Lipinski definition) is 4. The molecule has 1 aromatic rings. The van der Waals surface area contributed by atoms with Crippen molar-refractivity contribution in [3.63, 3.8) is 0 Å². The Morgan fingerprint density at radius 3 is 2.66 bits per heavy atom. The predicted molar refractivity (Wildman–Crippen MR) is 130 cm³/mol. The van der Waals surface area contributed by atoms with Crippen molar-refractivity contribution in [2.75, 3.05) is 33.4 Å². The molecule has 2 rings (SSSR count). The normalized spacial score (nSPS) is 18.1. The number of hydrogen-bond donors (Lipinski definition) is 2. The topological polar surface area (TPSA) is 64.1 Å². The fourth-order valence-corrected chi connectivity index (χ4v) is 3.13. The van der Waals surface area contributed by atoms with Crippen LogP contribution in [-0.2, 0) is 16.0 Å². The van der Waals surface area contributed by atoms with Gasteiger partial charge in [0, 0.05) is 32.2 Å². The predicted octanol–water partition coefficient (Wildman–Crippen LogP) is 3.90. The van der Waals surface area contributed by atoms with Crippen LogP contribution in [-0.4, -0.2) is 51.6 Å². The highest BCUT2D eigenvalue weighted by atomic mass is 127. The van der Waals surface area contributed by atoms with Gasteiger partial charge in [0.1, 0.15) is 11.9 Å². The Bertz CT molecular complexity index is 641. The minimum absolute atomic E-state index is 0. The van der Waals surface area contributed by atoms with Gasteiger partial charge in [-0.25, -0.2) is 4.99 Å². The van der Waals surface area contributed by atoms with Gasteiger partial charge in [0.25, 0.3) is 0 Å². The van der Waals surface area contributed by atoms with Gasteiger partial charge in [-0.1, -0.05) is 32.9 Å². The average Bonchev–Trinajstić information content (AvgIpc) is 3.13. The van der Waals surface area contributed by atoms with Crippen molar-refractivity contribution in [3.05, 3.63) is 29.3 Å². The van der Waals surface area contributed by atoms with Crippen molar-refractivity contribution < 1.29 is 14.2 Å². The Hall–Kier alpha value is -1.06. The number of aryl methyl sites for hydroxylation is 1. The van der Waals surface area contributed by atoms with Crippen molar-refractivity contribution in [1.82, 2.24) is 10.6 Å². The number of aliphatic imine (C=N–C) groups is 1. The summed E-state index contributed by atoms with van der Waals surface area (Å²) in [6, 6.07) is 6.29. The number of methoxy groups -OCH3 is 1. The van der Waals surface area contributed by atoms with E-state index in [1.54, 1.807) is 7.11 Å². The Balaban J connectivity index is 0.00000420. The van der Waals surface area contributed by atoms with Crippen LogP contribution in [0.4, 0.5) is 0 Å². The van der Waals surface area contributed by atoms with Crippen LogP contribution in [0.2, 0.25) is 0 Å². The van der Waals surface area contributed by atoms with Crippen LogP contribution in [0.3, 0.4) is 0 Å². The molecule has 2 N–H and O–H groups in total. The maximum atomic E-state index is 6.18. The lowest BCUT2D eigenvalue weighted by Crippen LogP contribution is -2.45. The standard InChI is InChI=1S/C22H37N3O3.HI/c1-7-23-21(25-14-20(26-6)22(3,4)5)24-13-17-9-8-16(2)12-19(17)28-18-10-11-27-15-18;/h8-9,12,18,20H,7,10-11,13-15H2,1-6H3,(H2,23,24,25);1H. The largest absolute Gasteiger partial charge is 0.488 e. The Morgan fingerprint density at radius 1 is 1.31 bits per heavy atom. The molecule has 0 saturated carbocycles. The van der Waals surface area contributed by atoms with Gasteiger partial charge in [0.2, 0.25) is 0 Å². The van der Waals surface area contributed by atoms with Gasteiger partial charge in [0.15, 0.2) is 5.96 Å². The molecule has 1 heterocycles. The van der Waals surface area contributed by atoms with Crippen molar-refractivity contribution >= 4 is 29.9 Å². The molecule has 2 atom stereocenters. The molecule has 1 aliphatic rings. The van der Waals surface area contributed by atoms with Crippen LogP contribution in [0, 0.1) is 12.3 Å². The number of nitrogens with one attached hydrogen (secondary N) is 2. The number of rotatable bonds is 8. The fraction of sp³-hybridized carbons (Fsp3) is 0.682. The third-order valence-electron chi connectivity index (χ3n) is 4.86. The molecule has 166 valence electrons. The van der Waals surface area contributed by atoms with E-state index >= 15 is 0 Å². The molecule has 1 saturated heterocycles. The summed E-state index contributed by atoms with van der Waals surface area (Å²) in [6.07, 6.45) is 1.16. The van der Waals surface area contributed by atoms with Crippen molar-refractivity contribution in [2.45, 2.75) is 59.8 Å². The molecule has 2 unspecified atom stereocenters. The molecule has 7 heteroatoms. The van der Waals surface area contributed by atoms with E-state index in [-0.39, 0.29) is 41.6 Å². The molecule has 0 aromatic heterocycles. The van der Waals surface area contributed by atoms with E-state index in [4.69, 9.17) is 19.2 Å². The summed E-state index contributed by atoms with van der Waals surface area (Å²) in [5.41, 5.74) is 2.31. The zero-order valence-electron chi connectivity index (χ0n) is 18.7. The van der Waals surface area contributed by atoms with Crippen LogP contribution in [0.15, 0.2) is 23.2 Å². The maximum absolute atomic E-state index is 6.18. The molecule has 29 heavy (non-hydrogen) atoms. The van der Waals surface area contributed by atoms with Gasteiger partial charge in [-0.2, -0.15) is 0 Å². The highest BCUT2D eigenvalue weighted by molar-refractivity contribution is 14.0. The molecule has 1 aromatic carbocycles. The van der Waals surface area contributed by atoms with E-state index in [9.17, 15) is 0 Å². The van der Waals surface area contributed by atoms with E-state index < -0.39 is 0 Å². The first-order chi connectivity index (χ1) is 13.3. The zero-order chi connectivity index (χ0) is 20.6. The summed E-state index contributed by atoms with van der Waals surface area (Å²) in [5.74, 6) is 1.68. The molecule has 1 fully saturated rings. The number of benzene rings is 1. The van der Waals surface area contributed by atoms with Crippen molar-refractivity contribution in [2.24, 2.45) is 10.4 Å². The molecule has 6 nitrogen and oxygen atoms in total. The molecule has 0 radical (unpaired) electrons. The minimum Gasteiger partial charge on any atom is -0.488 e. The fourth-order valence-electron chi connectivity index (χ4n) is 3.13. The van der Waals surface area contributed by atoms with Gasteiger partial charge in [-0.05, 0) is 30.9 Å². The second-order valence-corrected chi connectivity index (χ2v) is 8.38. The van der Waals surface area contributed by atoms with E-state index in [2.05, 4.69) is 63.5 Å². The molecule has 0 spiro atoms. The quantitative estimate of drug-likeness (QED) is 0.310. The lowest BCUT2D eigenvalue weighted by Gasteiger charge is -2.30. The number of nitrogens with zero attached hydrogens (tertiary/aromatic N) is 1. The summed E-state index contributed by atoms with van der Waals surface area (Å²) in [7, 11) is 1.75. The summed E-state index contributed by atoms with van der Waals surface area (Å²) < 4.78 is 17.3. The van der Waals surface area contributed by atoms with Crippen LogP contribution < -0.4 is 15.4 Å². The summed E-state index contributed by atoms with van der Waals surface area (Å²) in [5, 5.41) is 6.72. The number of guanidine groups is 1. The second-order valence-electron chi connectivity index (χ2n) is 8.38. The third kappa shape index (κ3) is 8.68. The Labute approximate surface area is 193 Å². The monoisotopic (exact) mass is 519 g/mol. The lowest BCUT2D eigenvalue weighted by atomic mass is 9.89. The highest BCUT2D eigenvalue weighted by Crippen LogP contribution is 2.25. The summed E-state index contributed by atoms with van der Waals surface area (Å²) in [4.78, 5) is 4.76. The van der Waals surface area contributed by atoms with Gasteiger partial charge >= 0.3 is 0 Å². The van der Waals surface area contributed by atoms with Crippen molar-refractivity contribution in [3.8, 4) is 5.75 Å². The van der Waals surface area contributed by atoms with Crippen LogP contribution in [0.5, 0.6) is 5.75 Å². The van der Waals surface area contributed by atoms with Gasteiger partial charge in [-0.15, -0.1) is 24.0 Å². The van der Waals surface area contributed by atoms with Crippen LogP contribution in [0.1, 0.15) is 45.2 Å². The average molecular weight is 519 g/mol. The van der Waals surface area contributed by atoms with Crippen LogP contribution >= 0.6 is 24.0 Å². The Kier molecular flexibility index (Phi) is 11.3. The van der Waals surface area contributed by atoms with Gasteiger partial charge in [0.05, 0.1) is 25.9 Å². The molecule has 0 bridgehead atoms. The minimum atomic E-state index is 0. The first kappa shape index (κ1) is 26.0. The van der Waals surface area contributed by atoms with Gasteiger partial charge < -0.3 is 24.8 Å². The molecular formula is C22H38IN3O3. The molecular weight excluding hydrogens is 481 g/mol. The lowest BCUT2D eigenvalue weighted by molar-refractivity contribution is 0.0205. The summed E-state index contributed by atoms with van der Waals surface area (Å²) in [6.45, 7) is 14.1. The van der Waals surface area contributed by atoms with E-state index in [0.717, 1.165) is 36.8 Å². The molecule has 1 aliphatic heterocycles. The second kappa shape index (κ2) is 12.6. The van der Waals surface area contributed by atoms with Gasteiger partial charge in [-0.3, -0.25) is 0 Å². The first-order valence-corrected chi connectivity index (χ1v) is 10.2. The smallest absolute Gasteiger partial charge is 0.191 e. The third-order valence-corrected chi connectivity index (χ3v) is 4.86. The van der Waals surface area contributed by atoms with E-state index in [1.165, 1.54) is 5.56 Å². The van der Waals surface area contributed by atoms with Crippen molar-refractivity contribution in [1.29, 1.82) is 0 Å². The summed E-state index contributed by atoms with van der Waals surface area (Å²) >= 11 is 0. The first-order valence-electron chi connectivity index (χ1n) is 10.2. The maximum Gasteiger partial charge on any atom is 0.191 e. The number of ether oxygens (including phenoxy) is 3. The molecule has 0 amide bonds. The SMILES string of the molecule is CCNC(=NCc1ccc(C)cc1OC1CCOC1)NCC(OC)C(C)(C)C.I. The van der Waals surface area contributed by atoms with E-state index in [0.29, 0.717) is 19.7 Å².